The van der Waals surface area contributed by atoms with Crippen LogP contribution in [0.5, 0.6) is 0 Å². The third kappa shape index (κ3) is 6.28. The smallest absolute Gasteiger partial charge is 0.261 e. The van der Waals surface area contributed by atoms with E-state index in [2.05, 4.69) is 40.0 Å². The van der Waals surface area contributed by atoms with Gasteiger partial charge in [0.15, 0.2) is 0 Å². The van der Waals surface area contributed by atoms with Gasteiger partial charge >= 0.3 is 0 Å². The van der Waals surface area contributed by atoms with Gasteiger partial charge in [-0.15, -0.1) is 0 Å². The quantitative estimate of drug-likeness (QED) is 0.599. The van der Waals surface area contributed by atoms with E-state index in [1.54, 1.807) is 0 Å². The lowest BCUT2D eigenvalue weighted by Crippen LogP contribution is -2.24. The van der Waals surface area contributed by atoms with Crippen molar-refractivity contribution < 1.29 is 13.5 Å². The lowest BCUT2D eigenvalue weighted by Gasteiger charge is -2.14. The first-order chi connectivity index (χ1) is 8.09. The highest BCUT2D eigenvalue weighted by atomic mass is 127. The SMILES string of the molecule is CC(NCCOCC(F)F)c1ccc(I)cc1. The number of hydrogen-bond acceptors (Lipinski definition) is 2. The van der Waals surface area contributed by atoms with Crippen LogP contribution in [-0.4, -0.2) is 26.2 Å². The molecule has 1 N–H and O–H groups in total. The van der Waals surface area contributed by atoms with E-state index in [0.29, 0.717) is 13.2 Å². The summed E-state index contributed by atoms with van der Waals surface area (Å²) in [4.78, 5) is 0. The molecule has 0 bridgehead atoms. The van der Waals surface area contributed by atoms with Crippen LogP contribution in [0.15, 0.2) is 24.3 Å². The molecule has 0 amide bonds. The number of alkyl halides is 2. The van der Waals surface area contributed by atoms with Gasteiger partial charge in [-0.1, -0.05) is 12.1 Å². The van der Waals surface area contributed by atoms with Crippen molar-refractivity contribution in [2.24, 2.45) is 0 Å². The summed E-state index contributed by atoms with van der Waals surface area (Å²) in [6, 6.07) is 8.39. The van der Waals surface area contributed by atoms with Crippen molar-refractivity contribution in [3.05, 3.63) is 33.4 Å². The van der Waals surface area contributed by atoms with Crippen molar-refractivity contribution in [1.82, 2.24) is 5.32 Å². The van der Waals surface area contributed by atoms with Crippen molar-refractivity contribution >= 4 is 22.6 Å². The zero-order chi connectivity index (χ0) is 12.7. The van der Waals surface area contributed by atoms with Crippen molar-refractivity contribution in [3.63, 3.8) is 0 Å². The first-order valence-electron chi connectivity index (χ1n) is 5.44. The molecule has 0 saturated heterocycles. The van der Waals surface area contributed by atoms with Gasteiger partial charge in [0.1, 0.15) is 6.61 Å². The highest BCUT2D eigenvalue weighted by Crippen LogP contribution is 2.13. The van der Waals surface area contributed by atoms with Crippen LogP contribution in [0.3, 0.4) is 0 Å². The summed E-state index contributed by atoms with van der Waals surface area (Å²) in [7, 11) is 0. The molecule has 5 heteroatoms. The molecule has 96 valence electrons. The summed E-state index contributed by atoms with van der Waals surface area (Å²) in [5.74, 6) is 0. The molecule has 2 nitrogen and oxygen atoms in total. The lowest BCUT2D eigenvalue weighted by atomic mass is 10.1. The van der Waals surface area contributed by atoms with E-state index >= 15 is 0 Å². The molecule has 0 fully saturated rings. The molecule has 0 heterocycles. The highest BCUT2D eigenvalue weighted by Gasteiger charge is 2.05. The van der Waals surface area contributed by atoms with Crippen molar-refractivity contribution in [2.75, 3.05) is 19.8 Å². The van der Waals surface area contributed by atoms with E-state index in [9.17, 15) is 8.78 Å². The Labute approximate surface area is 114 Å². The van der Waals surface area contributed by atoms with Crippen LogP contribution in [0.2, 0.25) is 0 Å². The van der Waals surface area contributed by atoms with Crippen LogP contribution < -0.4 is 5.32 Å². The second-order valence-electron chi connectivity index (χ2n) is 3.69. The van der Waals surface area contributed by atoms with Gasteiger partial charge in [0.2, 0.25) is 0 Å². The van der Waals surface area contributed by atoms with E-state index in [0.717, 1.165) is 0 Å². The van der Waals surface area contributed by atoms with Gasteiger partial charge in [-0.05, 0) is 47.2 Å². The van der Waals surface area contributed by atoms with E-state index in [4.69, 9.17) is 4.74 Å². The molecule has 0 aliphatic rings. The maximum atomic E-state index is 11.8. The fourth-order valence-electron chi connectivity index (χ4n) is 1.39. The number of halogens is 3. The number of benzene rings is 1. The summed E-state index contributed by atoms with van der Waals surface area (Å²) in [6.45, 7) is 2.42. The van der Waals surface area contributed by atoms with Gasteiger partial charge < -0.3 is 10.1 Å². The van der Waals surface area contributed by atoms with Crippen molar-refractivity contribution in [3.8, 4) is 0 Å². The summed E-state index contributed by atoms with van der Waals surface area (Å²) < 4.78 is 29.5. The lowest BCUT2D eigenvalue weighted by molar-refractivity contribution is 0.0183. The van der Waals surface area contributed by atoms with Crippen LogP contribution in [0.1, 0.15) is 18.5 Å². The fourth-order valence-corrected chi connectivity index (χ4v) is 1.75. The highest BCUT2D eigenvalue weighted by molar-refractivity contribution is 14.1. The average molecular weight is 355 g/mol. The second-order valence-corrected chi connectivity index (χ2v) is 4.94. The second kappa shape index (κ2) is 7.94. The topological polar surface area (TPSA) is 21.3 Å². The first kappa shape index (κ1) is 14.8. The maximum Gasteiger partial charge on any atom is 0.261 e. The summed E-state index contributed by atoms with van der Waals surface area (Å²) in [6.07, 6.45) is -2.39. The summed E-state index contributed by atoms with van der Waals surface area (Å²) >= 11 is 2.25. The Balaban J connectivity index is 2.21. The first-order valence-corrected chi connectivity index (χ1v) is 6.52. The predicted octanol–water partition coefficient (Wildman–Crippen LogP) is 3.22. The minimum atomic E-state index is -2.39. The molecule has 1 aromatic carbocycles. The molecule has 1 aromatic rings. The van der Waals surface area contributed by atoms with Gasteiger partial charge in [-0.25, -0.2) is 8.78 Å². The Kier molecular flexibility index (Phi) is 6.91. The molecule has 0 radical (unpaired) electrons. The minimum absolute atomic E-state index is 0.196. The molecule has 1 rings (SSSR count). The average Bonchev–Trinajstić information content (AvgIpc) is 2.29. The zero-order valence-corrected chi connectivity index (χ0v) is 11.8. The van der Waals surface area contributed by atoms with E-state index < -0.39 is 13.0 Å². The minimum Gasteiger partial charge on any atom is -0.374 e. The Hall–Kier alpha value is -0.270. The third-order valence-corrected chi connectivity index (χ3v) is 3.03. The third-order valence-electron chi connectivity index (χ3n) is 2.31. The zero-order valence-electron chi connectivity index (χ0n) is 9.63. The Bertz CT molecular complexity index is 319. The monoisotopic (exact) mass is 355 g/mol. The van der Waals surface area contributed by atoms with Crippen LogP contribution in [0.25, 0.3) is 0 Å². The molecule has 1 unspecified atom stereocenters. The van der Waals surface area contributed by atoms with Gasteiger partial charge in [0, 0.05) is 16.2 Å². The van der Waals surface area contributed by atoms with Crippen LogP contribution in [-0.2, 0) is 4.74 Å². The van der Waals surface area contributed by atoms with E-state index in [1.807, 2.05) is 19.1 Å². The number of nitrogens with one attached hydrogen (secondary N) is 1. The van der Waals surface area contributed by atoms with Crippen LogP contribution in [0.4, 0.5) is 8.78 Å². The van der Waals surface area contributed by atoms with E-state index in [1.165, 1.54) is 9.13 Å². The Morgan fingerprint density at radius 1 is 1.29 bits per heavy atom. The molecule has 0 saturated carbocycles. The standard InChI is InChI=1S/C12H16F2INO/c1-9(10-2-4-11(15)5-3-10)16-6-7-17-8-12(13)14/h2-5,9,12,16H,6-8H2,1H3. The molecule has 0 aliphatic heterocycles. The Morgan fingerprint density at radius 2 is 1.94 bits per heavy atom. The van der Waals surface area contributed by atoms with Gasteiger partial charge in [-0.3, -0.25) is 0 Å². The Morgan fingerprint density at radius 3 is 2.53 bits per heavy atom. The normalized spacial score (nSPS) is 13.0. The van der Waals surface area contributed by atoms with E-state index in [-0.39, 0.29) is 6.04 Å². The molecule has 17 heavy (non-hydrogen) atoms. The van der Waals surface area contributed by atoms with Gasteiger partial charge in [0.25, 0.3) is 6.43 Å². The maximum absolute atomic E-state index is 11.8. The van der Waals surface area contributed by atoms with Gasteiger partial charge in [-0.2, -0.15) is 0 Å². The van der Waals surface area contributed by atoms with Crippen LogP contribution >= 0.6 is 22.6 Å². The number of rotatable bonds is 7. The van der Waals surface area contributed by atoms with Crippen molar-refractivity contribution in [2.45, 2.75) is 19.4 Å². The molecule has 0 aliphatic carbocycles. The number of hydrogen-bond donors (Lipinski definition) is 1. The molecule has 0 aromatic heterocycles. The number of ether oxygens (including phenoxy) is 1. The molecular formula is C12H16F2INO. The molecule has 0 spiro atoms. The summed E-state index contributed by atoms with van der Waals surface area (Å²) in [5, 5.41) is 3.22. The van der Waals surface area contributed by atoms with Crippen LogP contribution in [0, 0.1) is 3.57 Å². The molecular weight excluding hydrogens is 339 g/mol. The summed E-state index contributed by atoms with van der Waals surface area (Å²) in [5.41, 5.74) is 1.18. The van der Waals surface area contributed by atoms with Crippen molar-refractivity contribution in [1.29, 1.82) is 0 Å². The largest absolute Gasteiger partial charge is 0.374 e. The molecule has 1 atom stereocenters. The predicted molar refractivity (Wildman–Crippen MR) is 72.4 cm³/mol. The van der Waals surface area contributed by atoms with Gasteiger partial charge in [0.05, 0.1) is 6.61 Å². The fraction of sp³-hybridized carbons (Fsp3) is 0.500.